The van der Waals surface area contributed by atoms with Crippen molar-refractivity contribution in [2.45, 2.75) is 19.8 Å². The van der Waals surface area contributed by atoms with Crippen molar-refractivity contribution >= 4 is 38.7 Å². The number of ether oxygens (including phenoxy) is 2. The van der Waals surface area contributed by atoms with Crippen molar-refractivity contribution in [1.29, 1.82) is 5.26 Å². The third kappa shape index (κ3) is 2.52. The maximum atomic E-state index is 12.3. The fraction of sp³-hybridized carbons (Fsp3) is 0.200. The van der Waals surface area contributed by atoms with Gasteiger partial charge in [0, 0.05) is 14.5 Å². The van der Waals surface area contributed by atoms with Crippen LogP contribution in [0.3, 0.4) is 0 Å². The van der Waals surface area contributed by atoms with Crippen molar-refractivity contribution < 1.29 is 14.3 Å². The van der Waals surface area contributed by atoms with Crippen molar-refractivity contribution in [3.8, 4) is 11.8 Å². The summed E-state index contributed by atoms with van der Waals surface area (Å²) in [5, 5.41) is 10.9. The Bertz CT molecular complexity index is 1160. The first-order valence-corrected chi connectivity index (χ1v) is 9.88. The molecular weight excluding hydrogens is 380 g/mol. The van der Waals surface area contributed by atoms with E-state index in [1.54, 1.807) is 11.3 Å². The first-order valence-electron chi connectivity index (χ1n) is 8.25. The van der Waals surface area contributed by atoms with Crippen LogP contribution in [-0.4, -0.2) is 13.1 Å². The fourth-order valence-corrected chi connectivity index (χ4v) is 6.06. The highest BCUT2D eigenvalue weighted by molar-refractivity contribution is 7.19. The number of esters is 1. The van der Waals surface area contributed by atoms with Crippen LogP contribution in [0, 0.1) is 25.2 Å². The predicted molar refractivity (Wildman–Crippen MR) is 106 cm³/mol. The average molecular weight is 396 g/mol. The lowest BCUT2D eigenvalue weighted by molar-refractivity contribution is 0.0597. The topological polar surface area (TPSA) is 85.3 Å². The van der Waals surface area contributed by atoms with E-state index in [4.69, 9.17) is 15.2 Å². The highest BCUT2D eigenvalue weighted by atomic mass is 32.1. The Hall–Kier alpha value is -2.82. The van der Waals surface area contributed by atoms with Gasteiger partial charge in [0.2, 0.25) is 5.88 Å². The Morgan fingerprint density at radius 2 is 2.00 bits per heavy atom. The van der Waals surface area contributed by atoms with Gasteiger partial charge in [-0.15, -0.1) is 22.7 Å². The maximum Gasteiger partial charge on any atom is 0.342 e. The molecule has 0 spiro atoms. The zero-order valence-electron chi connectivity index (χ0n) is 15.0. The van der Waals surface area contributed by atoms with Crippen LogP contribution in [0.4, 0.5) is 0 Å². The second-order valence-electron chi connectivity index (χ2n) is 6.23. The first-order chi connectivity index (χ1) is 13.0. The summed E-state index contributed by atoms with van der Waals surface area (Å²) in [6.45, 7) is 3.89. The molecule has 0 unspecified atom stereocenters. The molecule has 27 heavy (non-hydrogen) atoms. The van der Waals surface area contributed by atoms with E-state index in [9.17, 15) is 10.1 Å². The van der Waals surface area contributed by atoms with Gasteiger partial charge >= 0.3 is 5.97 Å². The quantitative estimate of drug-likeness (QED) is 0.641. The molecule has 0 saturated carbocycles. The molecule has 0 saturated heterocycles. The van der Waals surface area contributed by atoms with Gasteiger partial charge in [-0.1, -0.05) is 18.2 Å². The van der Waals surface area contributed by atoms with Crippen LogP contribution in [0.5, 0.6) is 5.75 Å². The van der Waals surface area contributed by atoms with Crippen molar-refractivity contribution in [1.82, 2.24) is 0 Å². The molecule has 1 aliphatic rings. The fourth-order valence-electron chi connectivity index (χ4n) is 3.45. The minimum absolute atomic E-state index is 0.0369. The Labute approximate surface area is 164 Å². The summed E-state index contributed by atoms with van der Waals surface area (Å²) >= 11 is 3.08. The molecule has 0 fully saturated rings. The van der Waals surface area contributed by atoms with E-state index in [-0.39, 0.29) is 11.8 Å². The molecule has 5 nitrogen and oxygen atoms in total. The van der Waals surface area contributed by atoms with Crippen molar-refractivity contribution in [3.05, 3.63) is 61.5 Å². The standard InChI is InChI=1S/C20H16N2O3S2/c1-9-11-6-4-5-7-13(11)27-17(9)15-12(8-21)19(22)25-16-14(20(23)24-3)10(2)26-18(15)16/h4-7,15H,22H2,1-3H3/t15-/m0/s1. The normalized spacial score (nSPS) is 16.0. The Kier molecular flexibility index (Phi) is 4.17. The number of benzene rings is 1. The van der Waals surface area contributed by atoms with E-state index in [1.807, 2.05) is 19.1 Å². The lowest BCUT2D eigenvalue weighted by Crippen LogP contribution is -2.21. The minimum atomic E-state index is -0.468. The highest BCUT2D eigenvalue weighted by Gasteiger charge is 2.38. The van der Waals surface area contributed by atoms with Crippen molar-refractivity contribution in [2.24, 2.45) is 5.73 Å². The number of allylic oxidation sites excluding steroid dienone is 1. The molecule has 0 bridgehead atoms. The second-order valence-corrected chi connectivity index (χ2v) is 8.57. The number of nitrogens with two attached hydrogens (primary N) is 1. The zero-order chi connectivity index (χ0) is 19.3. The van der Waals surface area contributed by atoms with Gasteiger partial charge in [0.25, 0.3) is 0 Å². The number of hydrogen-bond acceptors (Lipinski definition) is 7. The van der Waals surface area contributed by atoms with Gasteiger partial charge in [-0.2, -0.15) is 5.26 Å². The number of fused-ring (bicyclic) bond motifs is 2. The molecule has 1 aromatic carbocycles. The van der Waals surface area contributed by atoms with E-state index >= 15 is 0 Å². The second kappa shape index (κ2) is 6.41. The van der Waals surface area contributed by atoms with Crippen LogP contribution < -0.4 is 10.5 Å². The number of nitrogens with zero attached hydrogens (tertiary/aromatic N) is 1. The van der Waals surface area contributed by atoms with E-state index in [0.29, 0.717) is 16.9 Å². The van der Waals surface area contributed by atoms with E-state index in [2.05, 4.69) is 25.1 Å². The third-order valence-corrected chi connectivity index (χ3v) is 7.24. The molecular formula is C20H16N2O3S2. The van der Waals surface area contributed by atoms with Gasteiger partial charge < -0.3 is 15.2 Å². The van der Waals surface area contributed by atoms with E-state index in [1.165, 1.54) is 18.4 Å². The smallest absolute Gasteiger partial charge is 0.342 e. The maximum absolute atomic E-state index is 12.3. The third-order valence-electron chi connectivity index (χ3n) is 4.75. The summed E-state index contributed by atoms with van der Waals surface area (Å²) in [5.41, 5.74) is 7.95. The molecule has 0 amide bonds. The van der Waals surface area contributed by atoms with Crippen LogP contribution in [-0.2, 0) is 4.74 Å². The summed E-state index contributed by atoms with van der Waals surface area (Å²) in [5.74, 6) is -0.374. The van der Waals surface area contributed by atoms with Gasteiger partial charge in [-0.25, -0.2) is 4.79 Å². The minimum Gasteiger partial charge on any atom is -0.465 e. The summed E-state index contributed by atoms with van der Waals surface area (Å²) in [6, 6.07) is 10.4. The number of carbonyl (C=O) groups is 1. The number of methoxy groups -OCH3 is 1. The monoisotopic (exact) mass is 396 g/mol. The number of aryl methyl sites for hydroxylation is 2. The molecule has 7 heteroatoms. The molecule has 1 aliphatic heterocycles. The molecule has 4 rings (SSSR count). The molecule has 136 valence electrons. The molecule has 3 heterocycles. The molecule has 3 aromatic rings. The van der Waals surface area contributed by atoms with Gasteiger partial charge in [0.1, 0.15) is 17.2 Å². The zero-order valence-corrected chi connectivity index (χ0v) is 16.6. The van der Waals surface area contributed by atoms with Gasteiger partial charge in [-0.3, -0.25) is 0 Å². The van der Waals surface area contributed by atoms with Crippen LogP contribution in [0.2, 0.25) is 0 Å². The van der Waals surface area contributed by atoms with Gasteiger partial charge in [-0.05, 0) is 30.9 Å². The molecule has 0 aliphatic carbocycles. The van der Waals surface area contributed by atoms with Crippen LogP contribution in [0.25, 0.3) is 10.1 Å². The number of rotatable bonds is 2. The molecule has 2 aromatic heterocycles. The Morgan fingerprint density at radius 3 is 2.67 bits per heavy atom. The summed E-state index contributed by atoms with van der Waals surface area (Å²) in [6.07, 6.45) is 0. The van der Waals surface area contributed by atoms with E-state index < -0.39 is 5.97 Å². The van der Waals surface area contributed by atoms with Gasteiger partial charge in [0.15, 0.2) is 5.75 Å². The predicted octanol–water partition coefficient (Wildman–Crippen LogP) is 4.58. The SMILES string of the molecule is COC(=O)c1c(C)sc2c1OC(N)=C(C#N)[C@H]2c1sc2ccccc2c1C. The van der Waals surface area contributed by atoms with Crippen LogP contribution in [0.1, 0.15) is 36.5 Å². The van der Waals surface area contributed by atoms with Crippen LogP contribution >= 0.6 is 22.7 Å². The van der Waals surface area contributed by atoms with Crippen molar-refractivity contribution in [3.63, 3.8) is 0 Å². The number of hydrogen-bond donors (Lipinski definition) is 1. The van der Waals surface area contributed by atoms with Crippen LogP contribution in [0.15, 0.2) is 35.7 Å². The summed E-state index contributed by atoms with van der Waals surface area (Å²) in [4.78, 5) is 14.9. The largest absolute Gasteiger partial charge is 0.465 e. The lowest BCUT2D eigenvalue weighted by Gasteiger charge is -2.23. The Balaban J connectivity index is 2.01. The molecule has 1 atom stereocenters. The van der Waals surface area contributed by atoms with E-state index in [0.717, 1.165) is 30.3 Å². The lowest BCUT2D eigenvalue weighted by atomic mass is 9.91. The number of carbonyl (C=O) groups excluding carboxylic acids is 1. The average Bonchev–Trinajstić information content (AvgIpc) is 3.16. The number of thiophene rings is 2. The Morgan fingerprint density at radius 1 is 1.26 bits per heavy atom. The van der Waals surface area contributed by atoms with Gasteiger partial charge in [0.05, 0.1) is 17.9 Å². The van der Waals surface area contributed by atoms with Crippen molar-refractivity contribution in [2.75, 3.05) is 7.11 Å². The number of nitriles is 1. The molecule has 0 radical (unpaired) electrons. The highest BCUT2D eigenvalue weighted by Crippen LogP contribution is 2.52. The first kappa shape index (κ1) is 17.6. The summed E-state index contributed by atoms with van der Waals surface area (Å²) < 4.78 is 11.8. The summed E-state index contributed by atoms with van der Waals surface area (Å²) in [7, 11) is 1.34. The molecule has 2 N–H and O–H groups in total.